The van der Waals surface area contributed by atoms with Gasteiger partial charge in [0.1, 0.15) is 0 Å². The number of hydrogen-bond acceptors (Lipinski definition) is 4. The topological polar surface area (TPSA) is 61.7 Å². The monoisotopic (exact) mass is 856 g/mol. The highest BCUT2D eigenvalue weighted by atomic mass is 14.9. The third kappa shape index (κ3) is 8.55. The first-order valence-corrected chi connectivity index (χ1v) is 22.6. The summed E-state index contributed by atoms with van der Waals surface area (Å²) in [6.45, 7) is 0. The number of allylic oxidation sites excluding steroid dienone is 1. The second kappa shape index (κ2) is 18.2. The molecule has 0 fully saturated rings. The van der Waals surface area contributed by atoms with Gasteiger partial charge >= 0.3 is 0 Å². The molecule has 67 heavy (non-hydrogen) atoms. The molecule has 4 heteroatoms. The van der Waals surface area contributed by atoms with Crippen LogP contribution in [0.5, 0.6) is 0 Å². The summed E-state index contributed by atoms with van der Waals surface area (Å²) in [5.41, 5.74) is 19.6. The fourth-order valence-corrected chi connectivity index (χ4v) is 8.88. The van der Waals surface area contributed by atoms with E-state index in [1.807, 2.05) is 66.7 Å². The molecule has 316 valence electrons. The lowest BCUT2D eigenvalue weighted by atomic mass is 9.87. The van der Waals surface area contributed by atoms with Gasteiger partial charge in [-0.1, -0.05) is 224 Å². The van der Waals surface area contributed by atoms with Crippen molar-refractivity contribution < 1.29 is 0 Å². The summed E-state index contributed by atoms with van der Waals surface area (Å²) in [6.07, 6.45) is 2.23. The molecule has 0 radical (unpaired) electrons. The molecule has 0 bridgehead atoms. The molecule has 9 aromatic carbocycles. The third-order valence-electron chi connectivity index (χ3n) is 12.3. The van der Waals surface area contributed by atoms with Crippen molar-refractivity contribution >= 4 is 28.8 Å². The molecule has 0 saturated carbocycles. The van der Waals surface area contributed by atoms with Crippen LogP contribution in [0, 0.1) is 5.41 Å². The van der Waals surface area contributed by atoms with E-state index in [0.717, 1.165) is 106 Å². The minimum Gasteiger partial charge on any atom is -0.354 e. The fraction of sp³-hybridized carbons (Fsp3) is 0. The van der Waals surface area contributed by atoms with Crippen LogP contribution in [0.2, 0.25) is 0 Å². The zero-order chi connectivity index (χ0) is 44.9. The van der Waals surface area contributed by atoms with Crippen molar-refractivity contribution in [1.82, 2.24) is 15.3 Å². The zero-order valence-corrected chi connectivity index (χ0v) is 36.6. The maximum atomic E-state index is 9.63. The largest absolute Gasteiger partial charge is 0.354 e. The van der Waals surface area contributed by atoms with E-state index in [1.165, 1.54) is 0 Å². The normalized spacial score (nSPS) is 12.6. The van der Waals surface area contributed by atoms with Gasteiger partial charge in [0.05, 0.1) is 22.8 Å². The molecule has 2 N–H and O–H groups in total. The molecule has 0 atom stereocenters. The van der Waals surface area contributed by atoms with Gasteiger partial charge in [-0.3, -0.25) is 5.41 Å². The zero-order valence-electron chi connectivity index (χ0n) is 36.6. The quantitative estimate of drug-likeness (QED) is 0.135. The Balaban J connectivity index is 1.00. The van der Waals surface area contributed by atoms with Gasteiger partial charge in [0.15, 0.2) is 5.82 Å². The number of fused-ring (bicyclic) bond motifs is 1. The highest BCUT2D eigenvalue weighted by molar-refractivity contribution is 6.36. The van der Waals surface area contributed by atoms with Crippen LogP contribution in [-0.4, -0.2) is 15.7 Å². The van der Waals surface area contributed by atoms with Gasteiger partial charge in [-0.05, 0) is 80.4 Å². The molecule has 0 amide bonds. The lowest BCUT2D eigenvalue weighted by Crippen LogP contribution is -2.20. The molecule has 1 aromatic heterocycles. The Morgan fingerprint density at radius 3 is 1.39 bits per heavy atom. The molecule has 1 aliphatic rings. The van der Waals surface area contributed by atoms with Crippen molar-refractivity contribution in [3.8, 4) is 67.3 Å². The molecule has 11 rings (SSSR count). The molecule has 0 saturated heterocycles. The van der Waals surface area contributed by atoms with E-state index in [2.05, 4.69) is 193 Å². The Kier molecular flexibility index (Phi) is 11.1. The lowest BCUT2D eigenvalue weighted by Gasteiger charge is -2.26. The molecule has 1 aliphatic heterocycles. The van der Waals surface area contributed by atoms with Crippen LogP contribution in [0.25, 0.3) is 90.3 Å². The predicted molar refractivity (Wildman–Crippen MR) is 279 cm³/mol. The van der Waals surface area contributed by atoms with Gasteiger partial charge in [-0.2, -0.15) is 0 Å². The summed E-state index contributed by atoms with van der Waals surface area (Å²) in [6, 6.07) is 86.1. The van der Waals surface area contributed by atoms with Crippen LogP contribution in [-0.2, 0) is 0 Å². The van der Waals surface area contributed by atoms with E-state index in [4.69, 9.17) is 9.97 Å². The van der Waals surface area contributed by atoms with Crippen LogP contribution in [0.4, 0.5) is 0 Å². The maximum Gasteiger partial charge on any atom is 0.160 e. The Hall–Kier alpha value is -8.99. The third-order valence-corrected chi connectivity index (χ3v) is 12.3. The summed E-state index contributed by atoms with van der Waals surface area (Å²) >= 11 is 0. The maximum absolute atomic E-state index is 9.63. The van der Waals surface area contributed by atoms with Crippen molar-refractivity contribution in [3.63, 3.8) is 0 Å². The van der Waals surface area contributed by atoms with E-state index < -0.39 is 0 Å². The van der Waals surface area contributed by atoms with Crippen molar-refractivity contribution in [2.24, 2.45) is 0 Å². The molecular weight excluding hydrogens is 813 g/mol. The summed E-state index contributed by atoms with van der Waals surface area (Å²) in [5, 5.41) is 13.4. The van der Waals surface area contributed by atoms with Gasteiger partial charge in [0, 0.05) is 39.1 Å². The highest BCUT2D eigenvalue weighted by Crippen LogP contribution is 2.39. The average Bonchev–Trinajstić information content (AvgIpc) is 3.42. The van der Waals surface area contributed by atoms with Crippen LogP contribution >= 0.6 is 0 Å². The van der Waals surface area contributed by atoms with Gasteiger partial charge in [0.2, 0.25) is 0 Å². The first-order chi connectivity index (χ1) is 33.1. The summed E-state index contributed by atoms with van der Waals surface area (Å²) in [4.78, 5) is 10.5. The Labute approximate surface area is 391 Å². The molecule has 0 aliphatic carbocycles. The van der Waals surface area contributed by atoms with Gasteiger partial charge in [-0.15, -0.1) is 0 Å². The summed E-state index contributed by atoms with van der Waals surface area (Å²) in [5.74, 6) is 0.669. The number of nitrogens with one attached hydrogen (secondary N) is 2. The molecule has 10 aromatic rings. The van der Waals surface area contributed by atoms with E-state index in [1.54, 1.807) is 0 Å². The van der Waals surface area contributed by atoms with E-state index in [0.29, 0.717) is 11.5 Å². The Bertz CT molecular complexity index is 3350. The predicted octanol–water partition coefficient (Wildman–Crippen LogP) is 15.5. The van der Waals surface area contributed by atoms with Crippen LogP contribution in [0.15, 0.2) is 249 Å². The SMILES string of the molecule is N=C(/C(=C1\NC(c2ccccc2)=Cc2cc(-c3ccc(-c4cc(-c5cccc(-c6ccccc6)c5)nc(-c5cccc(-c6ccccc6)c5)n4)cc3)ccc21)c1ccccc1)c1ccccc1. The summed E-state index contributed by atoms with van der Waals surface area (Å²) in [7, 11) is 0. The van der Waals surface area contributed by atoms with Crippen molar-refractivity contribution in [1.29, 1.82) is 5.41 Å². The standard InChI is InChI=1S/C63H44N4/c64-61(49-26-14-5-15-27-49)60(48-24-12-4-13-25-48)62-56-37-36-52(40-55(56)41-57(65-62)46-22-10-3-11-23-46)45-32-34-47(35-33-45)58-42-59(53-30-16-28-50(38-53)43-18-6-1-7-19-43)67-63(66-58)54-31-17-29-51(39-54)44-20-8-2-9-21-44/h1-42,64-65H/b62-60-,64-61?. The van der Waals surface area contributed by atoms with Crippen LogP contribution in [0.1, 0.15) is 27.8 Å². The van der Waals surface area contributed by atoms with E-state index in [9.17, 15) is 5.41 Å². The average molecular weight is 857 g/mol. The minimum atomic E-state index is 0.457. The first-order valence-electron chi connectivity index (χ1n) is 22.6. The molecule has 4 nitrogen and oxygen atoms in total. The van der Waals surface area contributed by atoms with E-state index in [-0.39, 0.29) is 0 Å². The second-order valence-electron chi connectivity index (χ2n) is 16.6. The Morgan fingerprint density at radius 2 is 0.776 bits per heavy atom. The molecule has 0 spiro atoms. The Morgan fingerprint density at radius 1 is 0.343 bits per heavy atom. The number of rotatable bonds is 10. The fourth-order valence-electron chi connectivity index (χ4n) is 8.88. The number of benzene rings is 9. The minimum absolute atomic E-state index is 0.457. The molecule has 2 heterocycles. The van der Waals surface area contributed by atoms with Gasteiger partial charge in [0.25, 0.3) is 0 Å². The van der Waals surface area contributed by atoms with Gasteiger partial charge in [-0.25, -0.2) is 9.97 Å². The van der Waals surface area contributed by atoms with Crippen molar-refractivity contribution in [3.05, 3.63) is 277 Å². The number of aromatic nitrogens is 2. The first kappa shape index (κ1) is 40.8. The highest BCUT2D eigenvalue weighted by Gasteiger charge is 2.24. The second-order valence-corrected chi connectivity index (χ2v) is 16.6. The summed E-state index contributed by atoms with van der Waals surface area (Å²) < 4.78 is 0. The van der Waals surface area contributed by atoms with E-state index >= 15 is 0 Å². The lowest BCUT2D eigenvalue weighted by molar-refractivity contribution is 1.18. The van der Waals surface area contributed by atoms with Crippen molar-refractivity contribution in [2.75, 3.05) is 0 Å². The van der Waals surface area contributed by atoms with Crippen LogP contribution in [0.3, 0.4) is 0 Å². The number of nitrogens with zero attached hydrogens (tertiary/aromatic N) is 2. The van der Waals surface area contributed by atoms with Crippen LogP contribution < -0.4 is 5.32 Å². The van der Waals surface area contributed by atoms with Crippen molar-refractivity contribution in [2.45, 2.75) is 0 Å². The van der Waals surface area contributed by atoms with Gasteiger partial charge < -0.3 is 5.32 Å². The molecule has 0 unspecified atom stereocenters. The smallest absolute Gasteiger partial charge is 0.160 e. The molecular formula is C63H44N4. The number of hydrogen-bond donors (Lipinski definition) is 2.